The second-order valence-electron chi connectivity index (χ2n) is 6.48. The van der Waals surface area contributed by atoms with Crippen molar-refractivity contribution in [2.75, 3.05) is 11.9 Å². The Morgan fingerprint density at radius 2 is 1.97 bits per heavy atom. The Kier molecular flexibility index (Phi) is 6.19. The van der Waals surface area contributed by atoms with Crippen molar-refractivity contribution in [3.63, 3.8) is 0 Å². The number of nitrogens with one attached hydrogen (secondary N) is 1. The molecule has 29 heavy (non-hydrogen) atoms. The number of carbonyl (C=O) groups excluding carboxylic acids is 2. The number of ether oxygens (including phenoxy) is 1. The van der Waals surface area contributed by atoms with E-state index in [-0.39, 0.29) is 17.2 Å². The zero-order valence-electron chi connectivity index (χ0n) is 16.3. The van der Waals surface area contributed by atoms with Crippen molar-refractivity contribution < 1.29 is 14.3 Å². The van der Waals surface area contributed by atoms with Gasteiger partial charge >= 0.3 is 5.97 Å². The summed E-state index contributed by atoms with van der Waals surface area (Å²) >= 11 is 0. The Morgan fingerprint density at radius 1 is 1.21 bits per heavy atom. The molecule has 0 radical (unpaired) electrons. The summed E-state index contributed by atoms with van der Waals surface area (Å²) in [6.45, 7) is 4.06. The highest BCUT2D eigenvalue weighted by atomic mass is 16.5. The maximum atomic E-state index is 12.6. The fourth-order valence-electron chi connectivity index (χ4n) is 2.88. The van der Waals surface area contributed by atoms with Gasteiger partial charge in [-0.2, -0.15) is 5.26 Å². The third-order valence-corrected chi connectivity index (χ3v) is 4.36. The van der Waals surface area contributed by atoms with Crippen LogP contribution in [-0.2, 0) is 4.74 Å². The second kappa shape index (κ2) is 8.97. The van der Waals surface area contributed by atoms with Gasteiger partial charge in [0.05, 0.1) is 6.61 Å². The lowest BCUT2D eigenvalue weighted by atomic mass is 10.2. The Morgan fingerprint density at radius 3 is 2.66 bits per heavy atom. The summed E-state index contributed by atoms with van der Waals surface area (Å²) in [6.07, 6.45) is 4.22. The SMILES string of the molecule is CCCCCOC(=O)c1cn2c(C)nc(C#N)c2c(NC(=O)c2ccccc2)n1. The van der Waals surface area contributed by atoms with E-state index in [1.807, 2.05) is 6.07 Å². The zero-order valence-corrected chi connectivity index (χ0v) is 16.3. The van der Waals surface area contributed by atoms with Crippen molar-refractivity contribution >= 4 is 23.2 Å². The number of anilines is 1. The van der Waals surface area contributed by atoms with Crippen LogP contribution in [0, 0.1) is 18.3 Å². The van der Waals surface area contributed by atoms with Crippen LogP contribution >= 0.6 is 0 Å². The monoisotopic (exact) mass is 391 g/mol. The van der Waals surface area contributed by atoms with Crippen molar-refractivity contribution in [1.82, 2.24) is 14.4 Å². The summed E-state index contributed by atoms with van der Waals surface area (Å²) in [4.78, 5) is 33.5. The number of imidazole rings is 1. The van der Waals surface area contributed by atoms with Gasteiger partial charge < -0.3 is 10.1 Å². The average molecular weight is 391 g/mol. The van der Waals surface area contributed by atoms with Crippen molar-refractivity contribution in [1.29, 1.82) is 5.26 Å². The molecule has 0 fully saturated rings. The molecular weight excluding hydrogens is 370 g/mol. The fourth-order valence-corrected chi connectivity index (χ4v) is 2.88. The van der Waals surface area contributed by atoms with Gasteiger partial charge in [0.2, 0.25) is 0 Å². The van der Waals surface area contributed by atoms with E-state index in [2.05, 4.69) is 22.2 Å². The van der Waals surface area contributed by atoms with Gasteiger partial charge in [0, 0.05) is 11.8 Å². The lowest BCUT2D eigenvalue weighted by Gasteiger charge is -2.10. The quantitative estimate of drug-likeness (QED) is 0.487. The Bertz CT molecular complexity index is 1080. The van der Waals surface area contributed by atoms with Gasteiger partial charge in [-0.25, -0.2) is 14.8 Å². The lowest BCUT2D eigenvalue weighted by Crippen LogP contribution is -2.17. The summed E-state index contributed by atoms with van der Waals surface area (Å²) < 4.78 is 6.85. The molecule has 0 bridgehead atoms. The number of esters is 1. The van der Waals surface area contributed by atoms with E-state index in [9.17, 15) is 14.9 Å². The topological polar surface area (TPSA) is 109 Å². The molecule has 0 saturated carbocycles. The smallest absolute Gasteiger partial charge is 0.358 e. The van der Waals surface area contributed by atoms with Crippen molar-refractivity contribution in [3.8, 4) is 6.07 Å². The van der Waals surface area contributed by atoms with E-state index in [1.165, 1.54) is 6.20 Å². The highest BCUT2D eigenvalue weighted by molar-refractivity contribution is 6.06. The van der Waals surface area contributed by atoms with Crippen LogP contribution in [-0.4, -0.2) is 32.9 Å². The number of rotatable bonds is 7. The van der Waals surface area contributed by atoms with Crippen LogP contribution in [0.2, 0.25) is 0 Å². The molecule has 3 aromatic rings. The van der Waals surface area contributed by atoms with Crippen LogP contribution in [0.3, 0.4) is 0 Å². The van der Waals surface area contributed by atoms with Crippen LogP contribution in [0.5, 0.6) is 0 Å². The predicted molar refractivity (Wildman–Crippen MR) is 107 cm³/mol. The normalized spacial score (nSPS) is 10.5. The van der Waals surface area contributed by atoms with Gasteiger partial charge in [0.25, 0.3) is 5.91 Å². The number of carbonyl (C=O) groups is 2. The van der Waals surface area contributed by atoms with Gasteiger partial charge in [0.1, 0.15) is 17.4 Å². The summed E-state index contributed by atoms with van der Waals surface area (Å²) in [7, 11) is 0. The number of nitrogens with zero attached hydrogens (tertiary/aromatic N) is 4. The predicted octanol–water partition coefficient (Wildman–Crippen LogP) is 3.51. The van der Waals surface area contributed by atoms with Gasteiger partial charge in [-0.15, -0.1) is 0 Å². The van der Waals surface area contributed by atoms with Crippen LogP contribution in [0.25, 0.3) is 5.52 Å². The van der Waals surface area contributed by atoms with E-state index < -0.39 is 11.9 Å². The number of benzene rings is 1. The number of hydrogen-bond acceptors (Lipinski definition) is 6. The first kappa shape index (κ1) is 20.0. The molecule has 8 nitrogen and oxygen atoms in total. The van der Waals surface area contributed by atoms with Gasteiger partial charge in [-0.05, 0) is 25.5 Å². The summed E-state index contributed by atoms with van der Waals surface area (Å²) in [5.74, 6) is -0.422. The molecule has 0 aliphatic heterocycles. The third-order valence-electron chi connectivity index (χ3n) is 4.36. The molecule has 1 N–H and O–H groups in total. The highest BCUT2D eigenvalue weighted by Crippen LogP contribution is 2.22. The second-order valence-corrected chi connectivity index (χ2v) is 6.48. The standard InChI is InChI=1S/C21H21N5O3/c1-3-4-8-11-29-21(28)17-13-26-14(2)23-16(12-22)18(26)19(24-17)25-20(27)15-9-6-5-7-10-15/h5-7,9-10,13H,3-4,8,11H2,1-2H3,(H,24,25,27). The number of amides is 1. The molecule has 0 saturated heterocycles. The summed E-state index contributed by atoms with van der Waals surface area (Å²) in [6, 6.07) is 10.6. The first-order valence-corrected chi connectivity index (χ1v) is 9.38. The summed E-state index contributed by atoms with van der Waals surface area (Å²) in [5, 5.41) is 12.1. The number of fused-ring (bicyclic) bond motifs is 1. The number of hydrogen-bond donors (Lipinski definition) is 1. The lowest BCUT2D eigenvalue weighted by molar-refractivity contribution is 0.0490. The molecule has 1 amide bonds. The number of aryl methyl sites for hydroxylation is 1. The average Bonchev–Trinajstić information content (AvgIpc) is 3.07. The van der Waals surface area contributed by atoms with Gasteiger partial charge in [0.15, 0.2) is 17.2 Å². The Hall–Kier alpha value is -3.73. The molecule has 8 heteroatoms. The molecule has 2 aromatic heterocycles. The van der Waals surface area contributed by atoms with Crippen molar-refractivity contribution in [2.45, 2.75) is 33.1 Å². The maximum absolute atomic E-state index is 12.6. The summed E-state index contributed by atoms with van der Waals surface area (Å²) in [5.41, 5.74) is 0.898. The molecule has 0 atom stereocenters. The van der Waals surface area contributed by atoms with Crippen molar-refractivity contribution in [2.24, 2.45) is 0 Å². The van der Waals surface area contributed by atoms with Crippen LogP contribution in [0.15, 0.2) is 36.5 Å². The fraction of sp³-hybridized carbons (Fsp3) is 0.286. The molecular formula is C21H21N5O3. The maximum Gasteiger partial charge on any atom is 0.358 e. The molecule has 0 aliphatic carbocycles. The van der Waals surface area contributed by atoms with Crippen molar-refractivity contribution in [3.05, 3.63) is 59.3 Å². The third kappa shape index (κ3) is 4.41. The van der Waals surface area contributed by atoms with E-state index >= 15 is 0 Å². The molecule has 0 spiro atoms. The Labute approximate surface area is 168 Å². The van der Waals surface area contributed by atoms with E-state index in [0.717, 1.165) is 19.3 Å². The molecule has 3 rings (SSSR count). The minimum atomic E-state index is -0.593. The molecule has 0 aliphatic rings. The van der Waals surface area contributed by atoms with Crippen LogP contribution in [0.4, 0.5) is 5.82 Å². The van der Waals surface area contributed by atoms with E-state index in [4.69, 9.17) is 4.74 Å². The molecule has 2 heterocycles. The number of aromatic nitrogens is 3. The zero-order chi connectivity index (χ0) is 20.8. The minimum Gasteiger partial charge on any atom is -0.461 e. The first-order valence-electron chi connectivity index (χ1n) is 9.38. The van der Waals surface area contributed by atoms with Gasteiger partial charge in [-0.3, -0.25) is 9.20 Å². The van der Waals surface area contributed by atoms with Gasteiger partial charge in [-0.1, -0.05) is 38.0 Å². The number of nitriles is 1. The van der Waals surface area contributed by atoms with Crippen LogP contribution in [0.1, 0.15) is 58.6 Å². The first-order chi connectivity index (χ1) is 14.0. The number of unbranched alkanes of at least 4 members (excludes halogenated alkanes) is 2. The molecule has 148 valence electrons. The van der Waals surface area contributed by atoms with Crippen LogP contribution < -0.4 is 5.32 Å². The Balaban J connectivity index is 1.98. The van der Waals surface area contributed by atoms with E-state index in [0.29, 0.717) is 23.5 Å². The largest absolute Gasteiger partial charge is 0.461 e. The molecule has 1 aromatic carbocycles. The van der Waals surface area contributed by atoms with E-state index in [1.54, 1.807) is 41.7 Å². The highest BCUT2D eigenvalue weighted by Gasteiger charge is 2.21. The minimum absolute atomic E-state index is 0.0300. The molecule has 0 unspecified atom stereocenters.